The second kappa shape index (κ2) is 6.32. The minimum Gasteiger partial charge on any atom is -0.338 e. The normalized spacial score (nSPS) is 10.0. The minimum absolute atomic E-state index is 0. The van der Waals surface area contributed by atoms with Crippen molar-refractivity contribution in [3.05, 3.63) is 47.4 Å². The van der Waals surface area contributed by atoms with E-state index in [0.29, 0.717) is 30.2 Å². The van der Waals surface area contributed by atoms with E-state index in [-0.39, 0.29) is 18.2 Å². The lowest BCUT2D eigenvalue weighted by molar-refractivity contribution is 0.367. The Kier molecular flexibility index (Phi) is 5.06. The third kappa shape index (κ3) is 3.51. The summed E-state index contributed by atoms with van der Waals surface area (Å²) in [5.41, 5.74) is 0.569. The lowest BCUT2D eigenvalue weighted by Crippen LogP contribution is -2.05. The molecule has 6 heteroatoms. The van der Waals surface area contributed by atoms with Crippen LogP contribution in [0.1, 0.15) is 17.3 Å². The van der Waals surface area contributed by atoms with Gasteiger partial charge in [-0.2, -0.15) is 4.98 Å². The molecule has 1 aromatic carbocycles. The molecule has 0 spiro atoms. The van der Waals surface area contributed by atoms with Crippen LogP contribution < -0.4 is 5.32 Å². The van der Waals surface area contributed by atoms with Gasteiger partial charge in [-0.25, -0.2) is 4.39 Å². The third-order valence-corrected chi connectivity index (χ3v) is 2.14. The molecule has 0 bridgehead atoms. The second-order valence-corrected chi connectivity index (χ2v) is 3.40. The van der Waals surface area contributed by atoms with E-state index in [0.717, 1.165) is 0 Å². The molecule has 2 rings (SSSR count). The van der Waals surface area contributed by atoms with Crippen LogP contribution in [0.15, 0.2) is 28.8 Å². The molecule has 0 saturated carbocycles. The number of hydrogen-bond donors (Lipinski definition) is 1. The standard InChI is InChI=1S/C11H12FN3O.ClH/c1-13-7-11-14-10(15-16-11)6-8-4-2-3-5-9(8)12;/h2-5,13H,6-7H2,1H3;1H. The predicted molar refractivity (Wildman–Crippen MR) is 63.5 cm³/mol. The molecule has 0 aliphatic rings. The molecule has 0 aliphatic carbocycles. The molecule has 1 heterocycles. The van der Waals surface area contributed by atoms with Gasteiger partial charge in [-0.05, 0) is 18.7 Å². The molecule has 1 N–H and O–H groups in total. The van der Waals surface area contributed by atoms with Crippen molar-refractivity contribution in [2.24, 2.45) is 0 Å². The number of hydrogen-bond acceptors (Lipinski definition) is 4. The molecule has 0 amide bonds. The zero-order chi connectivity index (χ0) is 11.4. The monoisotopic (exact) mass is 257 g/mol. The fraction of sp³-hybridized carbons (Fsp3) is 0.273. The number of halogens is 2. The Morgan fingerprint density at radius 2 is 2.12 bits per heavy atom. The van der Waals surface area contributed by atoms with E-state index in [1.165, 1.54) is 6.07 Å². The molecule has 0 unspecified atom stereocenters. The largest absolute Gasteiger partial charge is 0.338 e. The first-order valence-electron chi connectivity index (χ1n) is 4.99. The van der Waals surface area contributed by atoms with Crippen molar-refractivity contribution in [2.75, 3.05) is 7.05 Å². The minimum atomic E-state index is -0.248. The Morgan fingerprint density at radius 3 is 2.82 bits per heavy atom. The van der Waals surface area contributed by atoms with E-state index in [2.05, 4.69) is 15.5 Å². The van der Waals surface area contributed by atoms with Gasteiger partial charge in [0, 0.05) is 6.42 Å². The van der Waals surface area contributed by atoms with E-state index < -0.39 is 0 Å². The maximum Gasteiger partial charge on any atom is 0.240 e. The number of nitrogens with one attached hydrogen (secondary N) is 1. The van der Waals surface area contributed by atoms with Gasteiger partial charge < -0.3 is 9.84 Å². The molecule has 1 aromatic heterocycles. The SMILES string of the molecule is CNCc1nc(Cc2ccccc2F)no1.Cl. The quantitative estimate of drug-likeness (QED) is 0.910. The second-order valence-electron chi connectivity index (χ2n) is 3.40. The van der Waals surface area contributed by atoms with E-state index in [1.807, 2.05) is 0 Å². The van der Waals surface area contributed by atoms with Gasteiger partial charge in [0.1, 0.15) is 5.82 Å². The smallest absolute Gasteiger partial charge is 0.240 e. The summed E-state index contributed by atoms with van der Waals surface area (Å²) in [6.45, 7) is 0.518. The van der Waals surface area contributed by atoms with E-state index >= 15 is 0 Å². The van der Waals surface area contributed by atoms with Crippen LogP contribution in [0.5, 0.6) is 0 Å². The van der Waals surface area contributed by atoms with E-state index in [1.54, 1.807) is 25.2 Å². The van der Waals surface area contributed by atoms with Crippen molar-refractivity contribution in [1.82, 2.24) is 15.5 Å². The molecule has 0 fully saturated rings. The van der Waals surface area contributed by atoms with Gasteiger partial charge in [0.05, 0.1) is 6.54 Å². The summed E-state index contributed by atoms with van der Waals surface area (Å²) in [5.74, 6) is 0.756. The first-order valence-corrected chi connectivity index (χ1v) is 4.99. The zero-order valence-electron chi connectivity index (χ0n) is 9.31. The Hall–Kier alpha value is -1.46. The summed E-state index contributed by atoms with van der Waals surface area (Å²) in [5, 5.41) is 6.68. The predicted octanol–water partition coefficient (Wildman–Crippen LogP) is 1.94. The van der Waals surface area contributed by atoms with Crippen LogP contribution in [0.2, 0.25) is 0 Å². The van der Waals surface area contributed by atoms with Crippen LogP contribution in [0.3, 0.4) is 0 Å². The molecule has 0 saturated heterocycles. The average molecular weight is 258 g/mol. The molecule has 17 heavy (non-hydrogen) atoms. The number of rotatable bonds is 4. The Balaban J connectivity index is 0.00000144. The Morgan fingerprint density at radius 1 is 1.35 bits per heavy atom. The molecule has 0 radical (unpaired) electrons. The van der Waals surface area contributed by atoms with Crippen molar-refractivity contribution in [2.45, 2.75) is 13.0 Å². The zero-order valence-corrected chi connectivity index (χ0v) is 10.1. The van der Waals surface area contributed by atoms with Crippen LogP contribution in [-0.4, -0.2) is 17.2 Å². The van der Waals surface area contributed by atoms with Crippen molar-refractivity contribution < 1.29 is 8.91 Å². The highest BCUT2D eigenvalue weighted by atomic mass is 35.5. The molecule has 0 aliphatic heterocycles. The highest BCUT2D eigenvalue weighted by Crippen LogP contribution is 2.10. The van der Waals surface area contributed by atoms with Gasteiger partial charge in [-0.3, -0.25) is 0 Å². The lowest BCUT2D eigenvalue weighted by atomic mass is 10.1. The highest BCUT2D eigenvalue weighted by Gasteiger charge is 2.08. The average Bonchev–Trinajstić information content (AvgIpc) is 2.70. The van der Waals surface area contributed by atoms with Gasteiger partial charge >= 0.3 is 0 Å². The summed E-state index contributed by atoms with van der Waals surface area (Å²) >= 11 is 0. The van der Waals surface area contributed by atoms with Gasteiger partial charge in [0.2, 0.25) is 5.89 Å². The molecular formula is C11H13ClFN3O. The maximum absolute atomic E-state index is 13.3. The van der Waals surface area contributed by atoms with Crippen molar-refractivity contribution >= 4 is 12.4 Å². The van der Waals surface area contributed by atoms with Crippen LogP contribution in [-0.2, 0) is 13.0 Å². The lowest BCUT2D eigenvalue weighted by Gasteiger charge is -1.97. The van der Waals surface area contributed by atoms with Crippen molar-refractivity contribution in [3.8, 4) is 0 Å². The summed E-state index contributed by atoms with van der Waals surface area (Å²) in [4.78, 5) is 4.13. The fourth-order valence-electron chi connectivity index (χ4n) is 1.40. The Bertz CT molecular complexity index is 475. The van der Waals surface area contributed by atoms with Gasteiger partial charge in [-0.1, -0.05) is 23.4 Å². The van der Waals surface area contributed by atoms with Crippen LogP contribution in [0.4, 0.5) is 4.39 Å². The number of aromatic nitrogens is 2. The summed E-state index contributed by atoms with van der Waals surface area (Å²) in [6.07, 6.45) is 0.347. The van der Waals surface area contributed by atoms with Crippen LogP contribution in [0, 0.1) is 5.82 Å². The van der Waals surface area contributed by atoms with Crippen LogP contribution >= 0.6 is 12.4 Å². The first kappa shape index (κ1) is 13.6. The van der Waals surface area contributed by atoms with Crippen molar-refractivity contribution in [1.29, 1.82) is 0 Å². The molecular weight excluding hydrogens is 245 g/mol. The first-order chi connectivity index (χ1) is 7.79. The highest BCUT2D eigenvalue weighted by molar-refractivity contribution is 5.85. The topological polar surface area (TPSA) is 51.0 Å². The van der Waals surface area contributed by atoms with E-state index in [9.17, 15) is 4.39 Å². The third-order valence-electron chi connectivity index (χ3n) is 2.14. The van der Waals surface area contributed by atoms with Crippen LogP contribution in [0.25, 0.3) is 0 Å². The molecule has 0 atom stereocenters. The van der Waals surface area contributed by atoms with Gasteiger partial charge in [-0.15, -0.1) is 12.4 Å². The van der Waals surface area contributed by atoms with Gasteiger partial charge in [0.25, 0.3) is 0 Å². The van der Waals surface area contributed by atoms with E-state index in [4.69, 9.17) is 4.52 Å². The number of benzene rings is 1. The summed E-state index contributed by atoms with van der Waals surface area (Å²) < 4.78 is 18.3. The molecule has 4 nitrogen and oxygen atoms in total. The number of nitrogens with zero attached hydrogens (tertiary/aromatic N) is 2. The summed E-state index contributed by atoms with van der Waals surface area (Å²) in [7, 11) is 1.79. The molecule has 92 valence electrons. The van der Waals surface area contributed by atoms with Crippen molar-refractivity contribution in [3.63, 3.8) is 0 Å². The Labute approximate surface area is 105 Å². The van der Waals surface area contributed by atoms with Gasteiger partial charge in [0.15, 0.2) is 5.82 Å². The molecule has 2 aromatic rings. The summed E-state index contributed by atoms with van der Waals surface area (Å²) in [6, 6.07) is 6.57. The maximum atomic E-state index is 13.3. The fourth-order valence-corrected chi connectivity index (χ4v) is 1.40.